The molecular weight excluding hydrogens is 291 g/mol. The number of halogens is 1. The molecule has 0 spiro atoms. The van der Waals surface area contributed by atoms with Crippen LogP contribution in [0.15, 0.2) is 28.8 Å². The average Bonchev–Trinajstić information content (AvgIpc) is 2.48. The Hall–Kier alpha value is -1.04. The van der Waals surface area contributed by atoms with Gasteiger partial charge in [0.05, 0.1) is 0 Å². The zero-order valence-electron chi connectivity index (χ0n) is 7.62. The highest BCUT2D eigenvalue weighted by atomic mass is 127. The maximum absolute atomic E-state index is 5.60. The topological polar surface area (TPSA) is 52.0 Å². The normalized spacial score (nSPS) is 10.4. The highest BCUT2D eigenvalue weighted by Gasteiger charge is 2.12. The minimum Gasteiger partial charge on any atom is -0.380 e. The summed E-state index contributed by atoms with van der Waals surface area (Å²) in [5, 5.41) is 3.72. The van der Waals surface area contributed by atoms with Crippen LogP contribution in [-0.4, -0.2) is 5.16 Å². The molecule has 3 nitrogen and oxygen atoms in total. The zero-order valence-corrected chi connectivity index (χ0v) is 9.78. The van der Waals surface area contributed by atoms with E-state index in [-0.39, 0.29) is 0 Å². The van der Waals surface area contributed by atoms with Crippen molar-refractivity contribution in [2.75, 3.05) is 5.73 Å². The van der Waals surface area contributed by atoms with Crippen LogP contribution in [0.4, 0.5) is 5.82 Å². The van der Waals surface area contributed by atoms with Gasteiger partial charge in [-0.3, -0.25) is 0 Å². The molecule has 0 bridgehead atoms. The highest BCUT2D eigenvalue weighted by Crippen LogP contribution is 2.29. The molecule has 2 aromatic rings. The second-order valence-corrected chi connectivity index (χ2v) is 4.16. The second kappa shape index (κ2) is 3.61. The smallest absolute Gasteiger partial charge is 0.182 e. The van der Waals surface area contributed by atoms with Crippen LogP contribution in [0.5, 0.6) is 0 Å². The van der Waals surface area contributed by atoms with Crippen LogP contribution in [0.2, 0.25) is 0 Å². The molecule has 0 unspecified atom stereocenters. The number of nitrogens with zero attached hydrogens (tertiary/aromatic N) is 1. The van der Waals surface area contributed by atoms with Crippen LogP contribution in [0, 0.1) is 10.5 Å². The van der Waals surface area contributed by atoms with Gasteiger partial charge in [0.2, 0.25) is 0 Å². The van der Waals surface area contributed by atoms with Gasteiger partial charge in [-0.05, 0) is 35.6 Å². The molecule has 1 aromatic heterocycles. The predicted molar refractivity (Wildman–Crippen MR) is 63.8 cm³/mol. The molecule has 0 aliphatic carbocycles. The third-order valence-electron chi connectivity index (χ3n) is 1.94. The Balaban J connectivity index is 2.55. The number of rotatable bonds is 1. The van der Waals surface area contributed by atoms with Gasteiger partial charge in [-0.1, -0.05) is 28.9 Å². The van der Waals surface area contributed by atoms with E-state index in [1.54, 1.807) is 0 Å². The van der Waals surface area contributed by atoms with Crippen LogP contribution >= 0.6 is 22.6 Å². The van der Waals surface area contributed by atoms with Gasteiger partial charge in [-0.2, -0.15) is 0 Å². The first-order chi connectivity index (χ1) is 6.68. The molecule has 2 rings (SSSR count). The number of aryl methyl sites for hydroxylation is 1. The SMILES string of the molecule is Cc1cccc(-c2onc(N)c2I)c1. The van der Waals surface area contributed by atoms with E-state index in [0.29, 0.717) is 5.82 Å². The van der Waals surface area contributed by atoms with E-state index in [4.69, 9.17) is 10.3 Å². The van der Waals surface area contributed by atoms with Crippen LogP contribution in [0.3, 0.4) is 0 Å². The van der Waals surface area contributed by atoms with Crippen molar-refractivity contribution in [3.05, 3.63) is 33.4 Å². The van der Waals surface area contributed by atoms with Crippen LogP contribution in [0.1, 0.15) is 5.56 Å². The Morgan fingerprint density at radius 1 is 1.43 bits per heavy atom. The summed E-state index contributed by atoms with van der Waals surface area (Å²) >= 11 is 2.13. The van der Waals surface area contributed by atoms with E-state index in [1.807, 2.05) is 31.2 Å². The lowest BCUT2D eigenvalue weighted by Crippen LogP contribution is -1.86. The third-order valence-corrected chi connectivity index (χ3v) is 2.98. The highest BCUT2D eigenvalue weighted by molar-refractivity contribution is 14.1. The molecule has 0 aliphatic heterocycles. The number of aromatic nitrogens is 1. The van der Waals surface area contributed by atoms with Crippen molar-refractivity contribution >= 4 is 28.4 Å². The summed E-state index contributed by atoms with van der Waals surface area (Å²) in [4.78, 5) is 0. The van der Waals surface area contributed by atoms with Crippen molar-refractivity contribution in [2.24, 2.45) is 0 Å². The molecule has 2 N–H and O–H groups in total. The molecule has 0 radical (unpaired) electrons. The number of nitrogens with two attached hydrogens (primary N) is 1. The van der Waals surface area contributed by atoms with E-state index >= 15 is 0 Å². The Kier molecular flexibility index (Phi) is 2.45. The van der Waals surface area contributed by atoms with Crippen LogP contribution in [-0.2, 0) is 0 Å². The molecule has 4 heteroatoms. The molecule has 0 atom stereocenters. The molecule has 0 fully saturated rings. The van der Waals surface area contributed by atoms with Gasteiger partial charge in [0.25, 0.3) is 0 Å². The van der Waals surface area contributed by atoms with Gasteiger partial charge in [-0.15, -0.1) is 0 Å². The second-order valence-electron chi connectivity index (χ2n) is 3.08. The number of nitrogen functional groups attached to an aromatic ring is 1. The van der Waals surface area contributed by atoms with Gasteiger partial charge < -0.3 is 10.3 Å². The summed E-state index contributed by atoms with van der Waals surface area (Å²) in [6.45, 7) is 2.04. The Morgan fingerprint density at radius 2 is 2.21 bits per heavy atom. The number of hydrogen-bond acceptors (Lipinski definition) is 3. The molecule has 72 valence electrons. The summed E-state index contributed by atoms with van der Waals surface area (Å²) in [7, 11) is 0. The van der Waals surface area contributed by atoms with E-state index in [2.05, 4.69) is 27.7 Å². The number of benzene rings is 1. The monoisotopic (exact) mass is 300 g/mol. The Morgan fingerprint density at radius 3 is 2.79 bits per heavy atom. The maximum atomic E-state index is 5.60. The van der Waals surface area contributed by atoms with Gasteiger partial charge in [-0.25, -0.2) is 0 Å². The molecule has 0 aliphatic rings. The van der Waals surface area contributed by atoms with Crippen molar-refractivity contribution in [1.82, 2.24) is 5.16 Å². The third kappa shape index (κ3) is 1.61. The summed E-state index contributed by atoms with van der Waals surface area (Å²) in [6, 6.07) is 8.05. The fourth-order valence-corrected chi connectivity index (χ4v) is 1.77. The summed E-state index contributed by atoms with van der Waals surface area (Å²) < 4.78 is 6.02. The Labute approximate surface area is 95.4 Å². The lowest BCUT2D eigenvalue weighted by molar-refractivity contribution is 0.435. The lowest BCUT2D eigenvalue weighted by atomic mass is 10.1. The molecule has 1 heterocycles. The van der Waals surface area contributed by atoms with E-state index in [9.17, 15) is 0 Å². The summed E-state index contributed by atoms with van der Waals surface area (Å²) in [5.74, 6) is 1.19. The summed E-state index contributed by atoms with van der Waals surface area (Å²) in [5.41, 5.74) is 7.80. The Bertz CT molecular complexity index is 465. The standard InChI is InChI=1S/C10H9IN2O/c1-6-3-2-4-7(5-6)9-8(11)10(12)13-14-9/h2-5H,1H3,(H2,12,13). The van der Waals surface area contributed by atoms with E-state index in [0.717, 1.165) is 14.9 Å². The number of anilines is 1. The average molecular weight is 300 g/mol. The quantitative estimate of drug-likeness (QED) is 0.824. The number of hydrogen-bond donors (Lipinski definition) is 1. The van der Waals surface area contributed by atoms with Gasteiger partial charge >= 0.3 is 0 Å². The zero-order chi connectivity index (χ0) is 10.1. The van der Waals surface area contributed by atoms with Crippen molar-refractivity contribution < 1.29 is 4.52 Å². The van der Waals surface area contributed by atoms with Crippen LogP contribution in [0.25, 0.3) is 11.3 Å². The van der Waals surface area contributed by atoms with Gasteiger partial charge in [0.1, 0.15) is 3.57 Å². The van der Waals surface area contributed by atoms with Crippen molar-refractivity contribution in [3.63, 3.8) is 0 Å². The van der Waals surface area contributed by atoms with E-state index in [1.165, 1.54) is 5.56 Å². The maximum Gasteiger partial charge on any atom is 0.182 e. The molecule has 1 aromatic carbocycles. The molecule has 0 saturated heterocycles. The molecule has 0 amide bonds. The molecule has 0 saturated carbocycles. The lowest BCUT2D eigenvalue weighted by Gasteiger charge is -1.97. The molecule has 14 heavy (non-hydrogen) atoms. The summed E-state index contributed by atoms with van der Waals surface area (Å²) in [6.07, 6.45) is 0. The first-order valence-corrected chi connectivity index (χ1v) is 5.24. The fraction of sp³-hybridized carbons (Fsp3) is 0.100. The van der Waals surface area contributed by atoms with Gasteiger partial charge in [0, 0.05) is 5.56 Å². The van der Waals surface area contributed by atoms with Gasteiger partial charge in [0.15, 0.2) is 11.6 Å². The van der Waals surface area contributed by atoms with Crippen molar-refractivity contribution in [3.8, 4) is 11.3 Å². The minimum atomic E-state index is 0.446. The van der Waals surface area contributed by atoms with Crippen LogP contribution < -0.4 is 5.73 Å². The predicted octanol–water partition coefficient (Wildman–Crippen LogP) is 2.84. The fourth-order valence-electron chi connectivity index (χ4n) is 1.26. The largest absolute Gasteiger partial charge is 0.380 e. The first-order valence-electron chi connectivity index (χ1n) is 4.16. The molecular formula is C10H9IN2O. The van der Waals surface area contributed by atoms with Crippen molar-refractivity contribution in [1.29, 1.82) is 0 Å². The first kappa shape index (κ1) is 9.51. The minimum absolute atomic E-state index is 0.446. The van der Waals surface area contributed by atoms with Crippen molar-refractivity contribution in [2.45, 2.75) is 6.92 Å². The van der Waals surface area contributed by atoms with E-state index < -0.39 is 0 Å².